The Morgan fingerprint density at radius 3 is 2.64 bits per heavy atom. The van der Waals surface area contributed by atoms with Crippen molar-refractivity contribution < 1.29 is 9.72 Å². The number of hydrogen-bond donors (Lipinski definition) is 2. The van der Waals surface area contributed by atoms with E-state index in [9.17, 15) is 14.9 Å². The van der Waals surface area contributed by atoms with Gasteiger partial charge in [0.15, 0.2) is 5.13 Å². The van der Waals surface area contributed by atoms with Gasteiger partial charge in [-0.15, -0.1) is 11.3 Å². The van der Waals surface area contributed by atoms with Gasteiger partial charge < -0.3 is 5.32 Å². The lowest BCUT2D eigenvalue weighted by atomic mass is 10.1. The minimum atomic E-state index is -0.528. The number of thiazole rings is 1. The molecule has 0 aliphatic heterocycles. The fraction of sp³-hybridized carbons (Fsp3) is 0.0588. The maximum atomic E-state index is 12.3. The van der Waals surface area contributed by atoms with Gasteiger partial charge >= 0.3 is 0 Å². The number of carbonyl (C=O) groups is 1. The molecule has 1 amide bonds. The van der Waals surface area contributed by atoms with Crippen LogP contribution in [0, 0.1) is 10.1 Å². The van der Waals surface area contributed by atoms with Crippen LogP contribution in [0.2, 0.25) is 0 Å². The number of carbonyl (C=O) groups excluding carboxylic acids is 1. The van der Waals surface area contributed by atoms with E-state index in [0.717, 1.165) is 11.3 Å². The minimum Gasteiger partial charge on any atom is -0.383 e. The van der Waals surface area contributed by atoms with Crippen molar-refractivity contribution in [3.8, 4) is 11.3 Å². The molecule has 0 atom stereocenters. The van der Waals surface area contributed by atoms with E-state index in [1.807, 2.05) is 35.7 Å². The van der Waals surface area contributed by atoms with E-state index in [2.05, 4.69) is 15.6 Å². The summed E-state index contributed by atoms with van der Waals surface area (Å²) in [7, 11) is 1.59. The number of aromatic nitrogens is 1. The third-order valence-electron chi connectivity index (χ3n) is 3.52. The third kappa shape index (κ3) is 3.64. The van der Waals surface area contributed by atoms with Gasteiger partial charge in [0.1, 0.15) is 5.69 Å². The fourth-order valence-corrected chi connectivity index (χ4v) is 2.99. The van der Waals surface area contributed by atoms with Crippen LogP contribution < -0.4 is 10.6 Å². The number of nitrogens with one attached hydrogen (secondary N) is 2. The molecule has 0 aliphatic rings. The molecule has 0 fully saturated rings. The van der Waals surface area contributed by atoms with E-state index < -0.39 is 10.8 Å². The molecule has 3 aromatic rings. The Kier molecular flexibility index (Phi) is 4.71. The first-order valence-electron chi connectivity index (χ1n) is 7.37. The molecule has 0 saturated carbocycles. The molecular formula is C17H14N4O3S. The van der Waals surface area contributed by atoms with E-state index in [0.29, 0.717) is 10.8 Å². The molecule has 126 valence electrons. The van der Waals surface area contributed by atoms with Gasteiger partial charge in [-0.1, -0.05) is 30.3 Å². The standard InChI is InChI=1S/C17H14N4O3S/c1-18-13-8-7-12(9-15(13)21(23)24)16(22)20-17-19-14(10-25-17)11-5-3-2-4-6-11/h2-10,18H,1H3,(H,19,20,22). The number of rotatable bonds is 5. The predicted octanol–water partition coefficient (Wildman–Crippen LogP) is 4.01. The number of nitrogens with zero attached hydrogens (tertiary/aromatic N) is 2. The van der Waals surface area contributed by atoms with Crippen LogP contribution in [0.4, 0.5) is 16.5 Å². The molecule has 1 aromatic heterocycles. The Hall–Kier alpha value is -3.26. The van der Waals surface area contributed by atoms with Crippen LogP contribution in [0.3, 0.4) is 0 Å². The average molecular weight is 354 g/mol. The van der Waals surface area contributed by atoms with Crippen LogP contribution in [-0.2, 0) is 0 Å². The van der Waals surface area contributed by atoms with Gasteiger partial charge in [0.25, 0.3) is 11.6 Å². The van der Waals surface area contributed by atoms with E-state index in [1.54, 1.807) is 7.05 Å². The Morgan fingerprint density at radius 2 is 1.96 bits per heavy atom. The summed E-state index contributed by atoms with van der Waals surface area (Å²) in [5.74, 6) is -0.445. The summed E-state index contributed by atoms with van der Waals surface area (Å²) in [6.45, 7) is 0. The summed E-state index contributed by atoms with van der Waals surface area (Å²) in [6.07, 6.45) is 0. The van der Waals surface area contributed by atoms with Crippen molar-refractivity contribution in [1.29, 1.82) is 0 Å². The Bertz CT molecular complexity index is 925. The number of nitro groups is 1. The maximum Gasteiger partial charge on any atom is 0.293 e. The second kappa shape index (κ2) is 7.10. The van der Waals surface area contributed by atoms with Crippen LogP contribution in [0.25, 0.3) is 11.3 Å². The van der Waals surface area contributed by atoms with Crippen molar-refractivity contribution in [2.75, 3.05) is 17.7 Å². The van der Waals surface area contributed by atoms with Crippen molar-refractivity contribution in [2.24, 2.45) is 0 Å². The van der Waals surface area contributed by atoms with Crippen LogP contribution >= 0.6 is 11.3 Å². The molecule has 0 spiro atoms. The molecule has 0 bridgehead atoms. The van der Waals surface area contributed by atoms with Crippen LogP contribution in [0.15, 0.2) is 53.9 Å². The topological polar surface area (TPSA) is 97.2 Å². The average Bonchev–Trinajstić information content (AvgIpc) is 3.10. The number of nitro benzene ring substituents is 1. The minimum absolute atomic E-state index is 0.153. The summed E-state index contributed by atoms with van der Waals surface area (Å²) in [4.78, 5) is 27.3. The monoisotopic (exact) mass is 354 g/mol. The molecule has 3 rings (SSSR count). The summed E-state index contributed by atoms with van der Waals surface area (Å²) in [6, 6.07) is 13.9. The van der Waals surface area contributed by atoms with Gasteiger partial charge in [-0.05, 0) is 12.1 Å². The van der Waals surface area contributed by atoms with Gasteiger partial charge in [0, 0.05) is 29.6 Å². The quantitative estimate of drug-likeness (QED) is 0.533. The zero-order chi connectivity index (χ0) is 17.8. The molecule has 1 heterocycles. The van der Waals surface area contributed by atoms with Gasteiger partial charge in [0.2, 0.25) is 0 Å². The van der Waals surface area contributed by atoms with Gasteiger partial charge in [-0.25, -0.2) is 4.98 Å². The highest BCUT2D eigenvalue weighted by atomic mass is 32.1. The van der Waals surface area contributed by atoms with E-state index in [1.165, 1.54) is 29.5 Å². The zero-order valence-corrected chi connectivity index (χ0v) is 14.0. The normalized spacial score (nSPS) is 10.3. The molecule has 2 aromatic carbocycles. The number of benzene rings is 2. The molecule has 0 radical (unpaired) electrons. The fourth-order valence-electron chi connectivity index (χ4n) is 2.28. The van der Waals surface area contributed by atoms with Crippen molar-refractivity contribution in [1.82, 2.24) is 4.98 Å². The highest BCUT2D eigenvalue weighted by Gasteiger charge is 2.17. The highest BCUT2D eigenvalue weighted by molar-refractivity contribution is 7.14. The second-order valence-corrected chi connectivity index (χ2v) is 5.96. The van der Waals surface area contributed by atoms with Crippen molar-refractivity contribution in [3.05, 3.63) is 69.6 Å². The number of anilines is 2. The highest BCUT2D eigenvalue weighted by Crippen LogP contribution is 2.27. The SMILES string of the molecule is CNc1ccc(C(=O)Nc2nc(-c3ccccc3)cs2)cc1[N+](=O)[O-]. The van der Waals surface area contributed by atoms with Crippen LogP contribution in [-0.4, -0.2) is 22.9 Å². The van der Waals surface area contributed by atoms with E-state index >= 15 is 0 Å². The zero-order valence-electron chi connectivity index (χ0n) is 13.2. The molecule has 2 N–H and O–H groups in total. The smallest absolute Gasteiger partial charge is 0.293 e. The number of hydrogen-bond acceptors (Lipinski definition) is 6. The Morgan fingerprint density at radius 1 is 1.20 bits per heavy atom. The summed E-state index contributed by atoms with van der Waals surface area (Å²) < 4.78 is 0. The Balaban J connectivity index is 1.80. The summed E-state index contributed by atoms with van der Waals surface area (Å²) in [5, 5.41) is 18.8. The lowest BCUT2D eigenvalue weighted by Crippen LogP contribution is -2.12. The van der Waals surface area contributed by atoms with Gasteiger partial charge in [-0.3, -0.25) is 20.2 Å². The number of amides is 1. The largest absolute Gasteiger partial charge is 0.383 e. The molecule has 25 heavy (non-hydrogen) atoms. The first kappa shape index (κ1) is 16.6. The molecule has 7 nitrogen and oxygen atoms in total. The van der Waals surface area contributed by atoms with Crippen molar-refractivity contribution in [3.63, 3.8) is 0 Å². The molecular weight excluding hydrogens is 340 g/mol. The lowest BCUT2D eigenvalue weighted by Gasteiger charge is -2.05. The van der Waals surface area contributed by atoms with Crippen LogP contribution in [0.5, 0.6) is 0 Å². The predicted molar refractivity (Wildman–Crippen MR) is 98.1 cm³/mol. The van der Waals surface area contributed by atoms with Crippen molar-refractivity contribution in [2.45, 2.75) is 0 Å². The van der Waals surface area contributed by atoms with Gasteiger partial charge in [0.05, 0.1) is 10.6 Å². The summed E-state index contributed by atoms with van der Waals surface area (Å²) >= 11 is 1.30. The third-order valence-corrected chi connectivity index (χ3v) is 4.28. The Labute approximate surface area is 147 Å². The maximum absolute atomic E-state index is 12.3. The second-order valence-electron chi connectivity index (χ2n) is 5.10. The van der Waals surface area contributed by atoms with E-state index in [-0.39, 0.29) is 11.3 Å². The molecule has 8 heteroatoms. The molecule has 0 saturated heterocycles. The molecule has 0 aliphatic carbocycles. The molecule has 0 unspecified atom stereocenters. The van der Waals surface area contributed by atoms with E-state index in [4.69, 9.17) is 0 Å². The van der Waals surface area contributed by atoms with Crippen LogP contribution in [0.1, 0.15) is 10.4 Å². The van der Waals surface area contributed by atoms with Crippen molar-refractivity contribution >= 4 is 33.8 Å². The van der Waals surface area contributed by atoms with Gasteiger partial charge in [-0.2, -0.15) is 0 Å². The first-order valence-corrected chi connectivity index (χ1v) is 8.25. The lowest BCUT2D eigenvalue weighted by molar-refractivity contribution is -0.384. The first-order chi connectivity index (χ1) is 12.1. The summed E-state index contributed by atoms with van der Waals surface area (Å²) in [5.41, 5.74) is 2.11.